The maximum absolute atomic E-state index is 11.8. The summed E-state index contributed by atoms with van der Waals surface area (Å²) < 4.78 is 5.32. The average molecular weight is 292 g/mol. The Labute approximate surface area is 125 Å². The number of hydrogen-bond acceptors (Lipinski definition) is 4. The zero-order chi connectivity index (χ0) is 15.5. The second-order valence-electron chi connectivity index (χ2n) is 6.39. The van der Waals surface area contributed by atoms with Crippen molar-refractivity contribution in [3.8, 4) is 0 Å². The van der Waals surface area contributed by atoms with Gasteiger partial charge < -0.3 is 20.1 Å². The lowest BCUT2D eigenvalue weighted by atomic mass is 10.0. The third-order valence-corrected chi connectivity index (χ3v) is 3.35. The van der Waals surface area contributed by atoms with E-state index in [4.69, 9.17) is 4.74 Å². The second kappa shape index (κ2) is 6.45. The number of benzene rings is 1. The fourth-order valence-corrected chi connectivity index (χ4v) is 2.28. The number of rotatable bonds is 4. The highest BCUT2D eigenvalue weighted by atomic mass is 16.6. The zero-order valence-electron chi connectivity index (χ0n) is 12.9. The molecule has 2 rings (SSSR count). The highest BCUT2D eigenvalue weighted by Gasteiger charge is 2.34. The fourth-order valence-electron chi connectivity index (χ4n) is 2.28. The van der Waals surface area contributed by atoms with Crippen LogP contribution in [0, 0.1) is 0 Å². The van der Waals surface area contributed by atoms with E-state index in [1.807, 2.05) is 51.1 Å². The average Bonchev–Trinajstić information content (AvgIpc) is 2.36. The molecule has 0 radical (unpaired) electrons. The Kier molecular flexibility index (Phi) is 4.85. The number of nitrogens with zero attached hydrogens (tertiary/aromatic N) is 1. The molecule has 1 aliphatic rings. The van der Waals surface area contributed by atoms with E-state index in [2.05, 4.69) is 5.32 Å². The van der Waals surface area contributed by atoms with Crippen LogP contribution in [0.3, 0.4) is 0 Å². The number of hydrogen-bond donors (Lipinski definition) is 2. The largest absolute Gasteiger partial charge is 0.444 e. The lowest BCUT2D eigenvalue weighted by molar-refractivity contribution is 0.00335. The molecule has 1 atom stereocenters. The van der Waals surface area contributed by atoms with Crippen LogP contribution in [0.5, 0.6) is 0 Å². The fraction of sp³-hybridized carbons (Fsp3) is 0.562. The van der Waals surface area contributed by atoms with Crippen LogP contribution in [0.2, 0.25) is 0 Å². The van der Waals surface area contributed by atoms with Crippen molar-refractivity contribution < 1.29 is 14.6 Å². The van der Waals surface area contributed by atoms with Crippen molar-refractivity contribution in [3.05, 3.63) is 35.9 Å². The van der Waals surface area contributed by atoms with Crippen LogP contribution >= 0.6 is 0 Å². The van der Waals surface area contributed by atoms with E-state index in [1.165, 1.54) is 0 Å². The Morgan fingerprint density at radius 3 is 2.52 bits per heavy atom. The van der Waals surface area contributed by atoms with Gasteiger partial charge in [-0.3, -0.25) is 0 Å². The van der Waals surface area contributed by atoms with Crippen molar-refractivity contribution in [2.45, 2.75) is 38.5 Å². The van der Waals surface area contributed by atoms with Gasteiger partial charge >= 0.3 is 6.09 Å². The smallest absolute Gasteiger partial charge is 0.410 e. The molecule has 1 amide bonds. The molecular weight excluding hydrogens is 268 g/mol. The van der Waals surface area contributed by atoms with Crippen molar-refractivity contribution in [2.24, 2.45) is 0 Å². The van der Waals surface area contributed by atoms with Gasteiger partial charge in [-0.1, -0.05) is 30.3 Å². The summed E-state index contributed by atoms with van der Waals surface area (Å²) in [5.74, 6) is 0. The van der Waals surface area contributed by atoms with Crippen molar-refractivity contribution in [1.82, 2.24) is 10.2 Å². The van der Waals surface area contributed by atoms with E-state index in [-0.39, 0.29) is 24.8 Å². The predicted molar refractivity (Wildman–Crippen MR) is 81.0 cm³/mol. The summed E-state index contributed by atoms with van der Waals surface area (Å²) in [6.45, 7) is 6.83. The van der Waals surface area contributed by atoms with E-state index in [1.54, 1.807) is 4.90 Å². The van der Waals surface area contributed by atoms with Gasteiger partial charge in [0.15, 0.2) is 0 Å². The molecule has 5 heteroatoms. The van der Waals surface area contributed by atoms with Crippen LogP contribution in [0.4, 0.5) is 4.79 Å². The second-order valence-corrected chi connectivity index (χ2v) is 6.39. The molecule has 0 spiro atoms. The van der Waals surface area contributed by atoms with Crippen LogP contribution in [-0.2, 0) is 4.74 Å². The number of carbonyl (C=O) groups excluding carboxylic acids is 1. The van der Waals surface area contributed by atoms with E-state index in [9.17, 15) is 9.90 Å². The molecule has 1 aromatic carbocycles. The molecule has 1 aliphatic heterocycles. The van der Waals surface area contributed by atoms with Gasteiger partial charge in [-0.25, -0.2) is 4.79 Å². The molecule has 5 nitrogen and oxygen atoms in total. The first-order valence-electron chi connectivity index (χ1n) is 7.29. The van der Waals surface area contributed by atoms with Gasteiger partial charge in [-0.05, 0) is 26.3 Å². The quantitative estimate of drug-likeness (QED) is 0.890. The van der Waals surface area contributed by atoms with Gasteiger partial charge in [-0.2, -0.15) is 0 Å². The molecule has 1 heterocycles. The number of nitrogens with one attached hydrogen (secondary N) is 1. The van der Waals surface area contributed by atoms with Crippen molar-refractivity contribution in [1.29, 1.82) is 0 Å². The first-order valence-corrected chi connectivity index (χ1v) is 7.29. The summed E-state index contributed by atoms with van der Waals surface area (Å²) in [6, 6.07) is 9.91. The van der Waals surface area contributed by atoms with Gasteiger partial charge in [0.05, 0.1) is 12.6 Å². The molecule has 0 saturated carbocycles. The predicted octanol–water partition coefficient (Wildman–Crippen LogP) is 1.93. The Morgan fingerprint density at radius 1 is 1.38 bits per heavy atom. The molecule has 0 bridgehead atoms. The third-order valence-electron chi connectivity index (χ3n) is 3.35. The molecular formula is C16H24N2O3. The number of ether oxygens (including phenoxy) is 1. The summed E-state index contributed by atoms with van der Waals surface area (Å²) in [5.41, 5.74) is 0.587. The summed E-state index contributed by atoms with van der Waals surface area (Å²) in [7, 11) is 0. The van der Waals surface area contributed by atoms with E-state index >= 15 is 0 Å². The summed E-state index contributed by atoms with van der Waals surface area (Å²) in [6.07, 6.45) is -0.277. The Morgan fingerprint density at radius 2 is 2.00 bits per heavy atom. The van der Waals surface area contributed by atoms with Crippen molar-refractivity contribution in [2.75, 3.05) is 19.7 Å². The molecule has 1 fully saturated rings. The molecule has 1 aromatic rings. The highest BCUT2D eigenvalue weighted by Crippen LogP contribution is 2.19. The number of carbonyl (C=O) groups is 1. The van der Waals surface area contributed by atoms with Gasteiger partial charge in [0.25, 0.3) is 0 Å². The molecule has 0 unspecified atom stereocenters. The molecule has 2 N–H and O–H groups in total. The zero-order valence-corrected chi connectivity index (χ0v) is 12.9. The number of aliphatic hydroxyl groups excluding tert-OH is 1. The van der Waals surface area contributed by atoms with Crippen LogP contribution in [-0.4, -0.2) is 47.4 Å². The summed E-state index contributed by atoms with van der Waals surface area (Å²) in [5, 5.41) is 12.9. The van der Waals surface area contributed by atoms with E-state index in [0.717, 1.165) is 5.56 Å². The Bertz CT molecular complexity index is 464. The van der Waals surface area contributed by atoms with E-state index in [0.29, 0.717) is 13.1 Å². The normalized spacial score (nSPS) is 17.2. The van der Waals surface area contributed by atoms with Crippen LogP contribution < -0.4 is 5.32 Å². The van der Waals surface area contributed by atoms with Crippen molar-refractivity contribution >= 4 is 6.09 Å². The van der Waals surface area contributed by atoms with Crippen LogP contribution in [0.15, 0.2) is 30.3 Å². The summed E-state index contributed by atoms with van der Waals surface area (Å²) in [4.78, 5) is 13.5. The molecule has 21 heavy (non-hydrogen) atoms. The number of amides is 1. The Balaban J connectivity index is 1.81. The third kappa shape index (κ3) is 4.44. The highest BCUT2D eigenvalue weighted by molar-refractivity contribution is 5.69. The lowest BCUT2D eigenvalue weighted by Crippen LogP contribution is -2.61. The minimum absolute atomic E-state index is 0.0347. The van der Waals surface area contributed by atoms with Gasteiger partial charge in [0.1, 0.15) is 5.60 Å². The van der Waals surface area contributed by atoms with Crippen LogP contribution in [0.1, 0.15) is 32.4 Å². The topological polar surface area (TPSA) is 61.8 Å². The molecule has 116 valence electrons. The minimum Gasteiger partial charge on any atom is -0.444 e. The number of aliphatic hydroxyl groups is 1. The summed E-state index contributed by atoms with van der Waals surface area (Å²) >= 11 is 0. The maximum atomic E-state index is 11.8. The first-order chi connectivity index (χ1) is 9.89. The first kappa shape index (κ1) is 15.8. The van der Waals surface area contributed by atoms with Crippen LogP contribution in [0.25, 0.3) is 0 Å². The SMILES string of the molecule is CC(C)(C)OC(=O)N1CC(N[C@H](CO)c2ccccc2)C1. The Hall–Kier alpha value is -1.59. The molecule has 0 aliphatic carbocycles. The van der Waals surface area contributed by atoms with E-state index < -0.39 is 5.60 Å². The standard InChI is InChI=1S/C16H24N2O3/c1-16(2,3)21-15(20)18-9-13(10-18)17-14(11-19)12-7-5-4-6-8-12/h4-8,13-14,17,19H,9-11H2,1-3H3/t14-/m1/s1. The maximum Gasteiger partial charge on any atom is 0.410 e. The molecule has 1 saturated heterocycles. The van der Waals surface area contributed by atoms with Gasteiger partial charge in [-0.15, -0.1) is 0 Å². The van der Waals surface area contributed by atoms with Gasteiger partial charge in [0, 0.05) is 19.1 Å². The van der Waals surface area contributed by atoms with Crippen molar-refractivity contribution in [3.63, 3.8) is 0 Å². The monoisotopic (exact) mass is 292 g/mol. The van der Waals surface area contributed by atoms with Gasteiger partial charge in [0.2, 0.25) is 0 Å². The minimum atomic E-state index is -0.465. The lowest BCUT2D eigenvalue weighted by Gasteiger charge is -2.41. The number of likely N-dealkylation sites (tertiary alicyclic amines) is 1. The molecule has 0 aromatic heterocycles.